The molecule has 102 valence electrons. The van der Waals surface area contributed by atoms with Gasteiger partial charge in [-0.15, -0.1) is 0 Å². The van der Waals surface area contributed by atoms with Gasteiger partial charge in [-0.3, -0.25) is 16.0 Å². The number of nitrogens with two attached hydrogens (primary N) is 1. The van der Waals surface area contributed by atoms with Crippen LogP contribution in [0.4, 0.5) is 0 Å². The molecule has 0 fully saturated rings. The highest BCUT2D eigenvalue weighted by atomic mass is 35.5. The second kappa shape index (κ2) is 6.65. The van der Waals surface area contributed by atoms with Crippen LogP contribution in [0.25, 0.3) is 0 Å². The van der Waals surface area contributed by atoms with E-state index in [0.29, 0.717) is 0 Å². The van der Waals surface area contributed by atoms with Gasteiger partial charge >= 0.3 is 0 Å². The zero-order chi connectivity index (χ0) is 13.7. The van der Waals surface area contributed by atoms with Crippen molar-refractivity contribution in [2.45, 2.75) is 32.4 Å². The van der Waals surface area contributed by atoms with Gasteiger partial charge in [0.25, 0.3) is 0 Å². The summed E-state index contributed by atoms with van der Waals surface area (Å²) in [4.78, 5) is 4.26. The largest absolute Gasteiger partial charge is 0.271 e. The monoisotopic (exact) mass is 279 g/mol. The summed E-state index contributed by atoms with van der Waals surface area (Å²) >= 11 is 5.98. The van der Waals surface area contributed by atoms with Crippen LogP contribution in [-0.2, 0) is 19.4 Å². The van der Waals surface area contributed by atoms with Crippen LogP contribution in [0.15, 0.2) is 30.6 Å². The fourth-order valence-corrected chi connectivity index (χ4v) is 2.28. The molecule has 2 aromatic rings. The van der Waals surface area contributed by atoms with Gasteiger partial charge in [0.1, 0.15) is 12.2 Å². The lowest BCUT2D eigenvalue weighted by Gasteiger charge is -2.15. The maximum Gasteiger partial charge on any atom is 0.138 e. The lowest BCUT2D eigenvalue weighted by atomic mass is 10.0. The van der Waals surface area contributed by atoms with Crippen molar-refractivity contribution in [2.75, 3.05) is 0 Å². The average molecular weight is 280 g/mol. The summed E-state index contributed by atoms with van der Waals surface area (Å²) in [5, 5.41) is 4.90. The molecule has 2 rings (SSSR count). The molecule has 1 atom stereocenters. The number of aryl methyl sites for hydroxylation is 1. The van der Waals surface area contributed by atoms with Crippen molar-refractivity contribution in [1.29, 1.82) is 0 Å². The predicted molar refractivity (Wildman–Crippen MR) is 75.7 cm³/mol. The van der Waals surface area contributed by atoms with E-state index < -0.39 is 0 Å². The number of aromatic nitrogens is 3. The van der Waals surface area contributed by atoms with Crippen LogP contribution >= 0.6 is 11.6 Å². The first-order chi connectivity index (χ1) is 9.22. The number of rotatable bonds is 6. The molecular formula is C13H18ClN5. The van der Waals surface area contributed by atoms with Gasteiger partial charge in [0.2, 0.25) is 0 Å². The van der Waals surface area contributed by atoms with Gasteiger partial charge < -0.3 is 0 Å². The number of nitrogens with zero attached hydrogens (tertiary/aromatic N) is 3. The van der Waals surface area contributed by atoms with E-state index in [-0.39, 0.29) is 6.04 Å². The Morgan fingerprint density at radius 2 is 2.26 bits per heavy atom. The molecule has 6 heteroatoms. The van der Waals surface area contributed by atoms with Crippen molar-refractivity contribution >= 4 is 11.6 Å². The maximum atomic E-state index is 5.98. The Labute approximate surface area is 117 Å². The van der Waals surface area contributed by atoms with E-state index in [4.69, 9.17) is 17.4 Å². The highest BCUT2D eigenvalue weighted by molar-refractivity contribution is 6.30. The van der Waals surface area contributed by atoms with Crippen LogP contribution in [-0.4, -0.2) is 20.8 Å². The SMILES string of the molecule is CCn1ncnc1CC(Cc1cccc(Cl)c1)NN. The Balaban J connectivity index is 2.04. The third-order valence-electron chi connectivity index (χ3n) is 3.03. The van der Waals surface area contributed by atoms with Gasteiger partial charge in [0.05, 0.1) is 0 Å². The lowest BCUT2D eigenvalue weighted by molar-refractivity contribution is 0.490. The molecule has 1 aromatic carbocycles. The Hall–Kier alpha value is -1.43. The fraction of sp³-hybridized carbons (Fsp3) is 0.385. The quantitative estimate of drug-likeness (QED) is 0.622. The van der Waals surface area contributed by atoms with Crippen molar-refractivity contribution in [1.82, 2.24) is 20.2 Å². The molecule has 0 aliphatic carbocycles. The summed E-state index contributed by atoms with van der Waals surface area (Å²) < 4.78 is 1.88. The minimum atomic E-state index is 0.105. The molecule has 1 unspecified atom stereocenters. The zero-order valence-electron chi connectivity index (χ0n) is 10.9. The summed E-state index contributed by atoms with van der Waals surface area (Å²) in [6, 6.07) is 7.91. The first-order valence-electron chi connectivity index (χ1n) is 6.30. The van der Waals surface area contributed by atoms with E-state index >= 15 is 0 Å². The highest BCUT2D eigenvalue weighted by Crippen LogP contribution is 2.13. The molecule has 0 radical (unpaired) electrons. The second-order valence-corrected chi connectivity index (χ2v) is 4.83. The molecule has 1 heterocycles. The minimum Gasteiger partial charge on any atom is -0.271 e. The number of hydrogen-bond donors (Lipinski definition) is 2. The Morgan fingerprint density at radius 1 is 1.42 bits per heavy atom. The lowest BCUT2D eigenvalue weighted by Crippen LogP contribution is -2.39. The van der Waals surface area contributed by atoms with Crippen LogP contribution in [0, 0.1) is 0 Å². The topological polar surface area (TPSA) is 68.8 Å². The van der Waals surface area contributed by atoms with Gasteiger partial charge in [-0.25, -0.2) is 4.98 Å². The van der Waals surface area contributed by atoms with Gasteiger partial charge in [-0.1, -0.05) is 23.7 Å². The third-order valence-corrected chi connectivity index (χ3v) is 3.27. The molecule has 3 N–H and O–H groups in total. The molecule has 0 aliphatic rings. The van der Waals surface area contributed by atoms with Crippen molar-refractivity contribution < 1.29 is 0 Å². The van der Waals surface area contributed by atoms with E-state index in [9.17, 15) is 0 Å². The number of halogens is 1. The van der Waals surface area contributed by atoms with Crippen molar-refractivity contribution in [3.8, 4) is 0 Å². The molecule has 0 aliphatic heterocycles. The van der Waals surface area contributed by atoms with Crippen LogP contribution in [0.1, 0.15) is 18.3 Å². The van der Waals surface area contributed by atoms with E-state index in [1.54, 1.807) is 6.33 Å². The zero-order valence-corrected chi connectivity index (χ0v) is 11.6. The van der Waals surface area contributed by atoms with Crippen LogP contribution < -0.4 is 11.3 Å². The Morgan fingerprint density at radius 3 is 2.95 bits per heavy atom. The summed E-state index contributed by atoms with van der Waals surface area (Å²) in [6.07, 6.45) is 3.11. The molecule has 1 aromatic heterocycles. The average Bonchev–Trinajstić information content (AvgIpc) is 2.85. The molecule has 0 saturated heterocycles. The van der Waals surface area contributed by atoms with Crippen molar-refractivity contribution in [3.63, 3.8) is 0 Å². The van der Waals surface area contributed by atoms with Crippen molar-refractivity contribution in [2.24, 2.45) is 5.84 Å². The van der Waals surface area contributed by atoms with E-state index in [1.807, 2.05) is 35.9 Å². The summed E-state index contributed by atoms with van der Waals surface area (Å²) in [7, 11) is 0. The first kappa shape index (κ1) is 14.0. The van der Waals surface area contributed by atoms with Crippen LogP contribution in [0.3, 0.4) is 0 Å². The molecular weight excluding hydrogens is 262 g/mol. The van der Waals surface area contributed by atoms with E-state index in [1.165, 1.54) is 0 Å². The summed E-state index contributed by atoms with van der Waals surface area (Å²) in [5.41, 5.74) is 3.99. The summed E-state index contributed by atoms with van der Waals surface area (Å²) in [5.74, 6) is 6.56. The van der Waals surface area contributed by atoms with E-state index in [2.05, 4.69) is 15.5 Å². The van der Waals surface area contributed by atoms with Gasteiger partial charge in [-0.2, -0.15) is 5.10 Å². The Kier molecular flexibility index (Phi) is 4.90. The van der Waals surface area contributed by atoms with Gasteiger partial charge in [0, 0.05) is 24.0 Å². The first-order valence-corrected chi connectivity index (χ1v) is 6.68. The van der Waals surface area contributed by atoms with Crippen LogP contribution in [0.5, 0.6) is 0 Å². The van der Waals surface area contributed by atoms with Crippen molar-refractivity contribution in [3.05, 3.63) is 47.0 Å². The number of benzene rings is 1. The third kappa shape index (κ3) is 3.76. The fourth-order valence-electron chi connectivity index (χ4n) is 2.07. The summed E-state index contributed by atoms with van der Waals surface area (Å²) in [6.45, 7) is 2.85. The number of hydrogen-bond acceptors (Lipinski definition) is 4. The normalized spacial score (nSPS) is 12.6. The Bertz CT molecular complexity index is 525. The number of hydrazine groups is 1. The standard InChI is InChI=1S/C13H18ClN5/c1-2-19-13(16-9-17-19)8-12(18-15)7-10-4-3-5-11(14)6-10/h3-6,9,12,18H,2,7-8,15H2,1H3. The molecule has 0 saturated carbocycles. The maximum absolute atomic E-state index is 5.98. The van der Waals surface area contributed by atoms with Crippen LogP contribution in [0.2, 0.25) is 5.02 Å². The molecule has 19 heavy (non-hydrogen) atoms. The molecule has 0 amide bonds. The molecule has 5 nitrogen and oxygen atoms in total. The highest BCUT2D eigenvalue weighted by Gasteiger charge is 2.13. The van der Waals surface area contributed by atoms with E-state index in [0.717, 1.165) is 35.8 Å². The van der Waals surface area contributed by atoms with Gasteiger partial charge in [-0.05, 0) is 31.0 Å². The number of nitrogens with one attached hydrogen (secondary N) is 1. The second-order valence-electron chi connectivity index (χ2n) is 4.39. The van der Waals surface area contributed by atoms with Gasteiger partial charge in [0.15, 0.2) is 0 Å². The minimum absolute atomic E-state index is 0.105. The predicted octanol–water partition coefficient (Wildman–Crippen LogP) is 1.57. The molecule has 0 spiro atoms. The smallest absolute Gasteiger partial charge is 0.138 e. The molecule has 0 bridgehead atoms.